The summed E-state index contributed by atoms with van der Waals surface area (Å²) in [7, 11) is 2.16. The van der Waals surface area contributed by atoms with Crippen LogP contribution in [-0.4, -0.2) is 25.1 Å². The van der Waals surface area contributed by atoms with E-state index in [9.17, 15) is 0 Å². The van der Waals surface area contributed by atoms with Crippen molar-refractivity contribution in [2.75, 3.05) is 25.0 Å². The Morgan fingerprint density at radius 2 is 2.10 bits per heavy atom. The van der Waals surface area contributed by atoms with Crippen molar-refractivity contribution < 1.29 is 0 Å². The van der Waals surface area contributed by atoms with Crippen LogP contribution < -0.4 is 10.2 Å². The number of rotatable bonds is 7. The second-order valence-electron chi connectivity index (χ2n) is 6.85. The molecule has 2 rings (SSSR count). The molecule has 0 radical (unpaired) electrons. The Labute approximate surface area is 123 Å². The maximum Gasteiger partial charge on any atom is 0.128 e. The zero-order valence-electron chi connectivity index (χ0n) is 13.6. The summed E-state index contributed by atoms with van der Waals surface area (Å²) in [5.41, 5.74) is 2.45. The van der Waals surface area contributed by atoms with Crippen LogP contribution in [0.5, 0.6) is 0 Å². The van der Waals surface area contributed by atoms with Crippen LogP contribution >= 0.6 is 0 Å². The second kappa shape index (κ2) is 6.57. The molecule has 2 unspecified atom stereocenters. The number of nitrogens with one attached hydrogen (secondary N) is 1. The van der Waals surface area contributed by atoms with Crippen LogP contribution in [0, 0.1) is 24.7 Å². The van der Waals surface area contributed by atoms with E-state index in [1.165, 1.54) is 12.0 Å². The van der Waals surface area contributed by atoms with Gasteiger partial charge in [0.2, 0.25) is 0 Å². The average molecular weight is 275 g/mol. The van der Waals surface area contributed by atoms with E-state index in [2.05, 4.69) is 62.1 Å². The van der Waals surface area contributed by atoms with Crippen LogP contribution in [0.2, 0.25) is 0 Å². The Morgan fingerprint density at radius 3 is 2.70 bits per heavy atom. The summed E-state index contributed by atoms with van der Waals surface area (Å²) < 4.78 is 0. The first kappa shape index (κ1) is 15.3. The van der Waals surface area contributed by atoms with Crippen LogP contribution in [0.3, 0.4) is 0 Å². The summed E-state index contributed by atoms with van der Waals surface area (Å²) in [5, 5.41) is 3.51. The Kier molecular flexibility index (Phi) is 5.03. The molecule has 1 aromatic heterocycles. The lowest BCUT2D eigenvalue weighted by molar-refractivity contribution is 0.552. The predicted molar refractivity (Wildman–Crippen MR) is 86.1 cm³/mol. The fourth-order valence-corrected chi connectivity index (χ4v) is 2.62. The molecule has 0 amide bonds. The van der Waals surface area contributed by atoms with Crippen molar-refractivity contribution in [3.63, 3.8) is 0 Å². The fourth-order valence-electron chi connectivity index (χ4n) is 2.62. The highest BCUT2D eigenvalue weighted by Gasteiger charge is 2.33. The van der Waals surface area contributed by atoms with Gasteiger partial charge in [0.05, 0.1) is 0 Å². The number of nitrogens with zero attached hydrogens (tertiary/aromatic N) is 2. The maximum atomic E-state index is 4.68. The molecule has 112 valence electrons. The van der Waals surface area contributed by atoms with Gasteiger partial charge >= 0.3 is 0 Å². The van der Waals surface area contributed by atoms with E-state index in [1.54, 1.807) is 0 Å². The van der Waals surface area contributed by atoms with Crippen LogP contribution in [-0.2, 0) is 6.54 Å². The molecule has 1 heterocycles. The van der Waals surface area contributed by atoms with Gasteiger partial charge in [0, 0.05) is 25.8 Å². The van der Waals surface area contributed by atoms with Crippen LogP contribution in [0.1, 0.15) is 38.4 Å². The number of hydrogen-bond acceptors (Lipinski definition) is 3. The number of pyridine rings is 1. The Bertz CT molecular complexity index is 442. The van der Waals surface area contributed by atoms with Crippen LogP contribution in [0.15, 0.2) is 12.1 Å². The molecular weight excluding hydrogens is 246 g/mol. The molecule has 3 heteroatoms. The lowest BCUT2D eigenvalue weighted by Crippen LogP contribution is -2.23. The van der Waals surface area contributed by atoms with Gasteiger partial charge in [0.15, 0.2) is 0 Å². The molecule has 0 aliphatic heterocycles. The highest BCUT2D eigenvalue weighted by atomic mass is 15.2. The molecule has 1 saturated carbocycles. The third kappa shape index (κ3) is 4.48. The van der Waals surface area contributed by atoms with Gasteiger partial charge in [-0.25, -0.2) is 4.98 Å². The smallest absolute Gasteiger partial charge is 0.128 e. The summed E-state index contributed by atoms with van der Waals surface area (Å²) in [4.78, 5) is 6.99. The molecular formula is C17H29N3. The Balaban J connectivity index is 1.96. The van der Waals surface area contributed by atoms with Crippen molar-refractivity contribution in [1.29, 1.82) is 0 Å². The standard InChI is InChI=1S/C17H29N3/c1-12(2)9-18-10-15-7-14(4)19-17(8-15)20(5)11-16-6-13(16)3/h7-8,12-13,16,18H,6,9-11H2,1-5H3. The van der Waals surface area contributed by atoms with Crippen molar-refractivity contribution in [3.8, 4) is 0 Å². The molecule has 1 N–H and O–H groups in total. The largest absolute Gasteiger partial charge is 0.359 e. The molecule has 1 aromatic rings. The molecule has 2 atom stereocenters. The molecule has 0 spiro atoms. The van der Waals surface area contributed by atoms with Crippen LogP contribution in [0.25, 0.3) is 0 Å². The summed E-state index contributed by atoms with van der Waals surface area (Å²) in [6.07, 6.45) is 1.37. The summed E-state index contributed by atoms with van der Waals surface area (Å²) in [6.45, 7) is 12.0. The van der Waals surface area contributed by atoms with E-state index < -0.39 is 0 Å². The Hall–Kier alpha value is -1.09. The third-order valence-electron chi connectivity index (χ3n) is 4.06. The molecule has 0 saturated heterocycles. The molecule has 0 aromatic carbocycles. The van der Waals surface area contributed by atoms with Crippen molar-refractivity contribution in [2.45, 2.75) is 40.7 Å². The van der Waals surface area contributed by atoms with E-state index in [0.717, 1.165) is 43.0 Å². The minimum Gasteiger partial charge on any atom is -0.359 e. The molecule has 20 heavy (non-hydrogen) atoms. The van der Waals surface area contributed by atoms with Gasteiger partial charge in [0.1, 0.15) is 5.82 Å². The van der Waals surface area contributed by atoms with E-state index in [1.807, 2.05) is 0 Å². The molecule has 1 aliphatic rings. The lowest BCUT2D eigenvalue weighted by atomic mass is 10.2. The predicted octanol–water partition coefficient (Wildman–Crippen LogP) is 3.23. The lowest BCUT2D eigenvalue weighted by Gasteiger charge is -2.20. The van der Waals surface area contributed by atoms with Crippen molar-refractivity contribution in [1.82, 2.24) is 10.3 Å². The quantitative estimate of drug-likeness (QED) is 0.828. The van der Waals surface area contributed by atoms with Crippen molar-refractivity contribution in [3.05, 3.63) is 23.4 Å². The SMILES string of the molecule is Cc1cc(CNCC(C)C)cc(N(C)CC2CC2C)n1. The van der Waals surface area contributed by atoms with E-state index in [-0.39, 0.29) is 0 Å². The number of anilines is 1. The maximum absolute atomic E-state index is 4.68. The van der Waals surface area contributed by atoms with E-state index >= 15 is 0 Å². The van der Waals surface area contributed by atoms with Crippen molar-refractivity contribution >= 4 is 5.82 Å². The summed E-state index contributed by atoms with van der Waals surface area (Å²) in [6, 6.07) is 4.41. The number of aromatic nitrogens is 1. The summed E-state index contributed by atoms with van der Waals surface area (Å²) >= 11 is 0. The van der Waals surface area contributed by atoms with Gasteiger partial charge in [-0.3, -0.25) is 0 Å². The van der Waals surface area contributed by atoms with E-state index in [0.29, 0.717) is 5.92 Å². The van der Waals surface area contributed by atoms with Crippen molar-refractivity contribution in [2.24, 2.45) is 17.8 Å². The first-order valence-electron chi connectivity index (χ1n) is 7.85. The first-order chi connectivity index (χ1) is 9.45. The summed E-state index contributed by atoms with van der Waals surface area (Å²) in [5.74, 6) is 3.57. The van der Waals surface area contributed by atoms with E-state index in [4.69, 9.17) is 0 Å². The molecule has 3 nitrogen and oxygen atoms in total. The minimum atomic E-state index is 0.691. The van der Waals surface area contributed by atoms with Gasteiger partial charge in [-0.15, -0.1) is 0 Å². The number of hydrogen-bond donors (Lipinski definition) is 1. The van der Waals surface area contributed by atoms with Gasteiger partial charge in [-0.1, -0.05) is 20.8 Å². The third-order valence-corrected chi connectivity index (χ3v) is 4.06. The van der Waals surface area contributed by atoms with Crippen LogP contribution in [0.4, 0.5) is 5.82 Å². The Morgan fingerprint density at radius 1 is 1.40 bits per heavy atom. The second-order valence-corrected chi connectivity index (χ2v) is 6.85. The first-order valence-corrected chi connectivity index (χ1v) is 7.85. The fraction of sp³-hybridized carbons (Fsp3) is 0.706. The zero-order valence-corrected chi connectivity index (χ0v) is 13.6. The van der Waals surface area contributed by atoms with Gasteiger partial charge < -0.3 is 10.2 Å². The van der Waals surface area contributed by atoms with Gasteiger partial charge in [0.25, 0.3) is 0 Å². The normalized spacial score (nSPS) is 21.3. The molecule has 1 fully saturated rings. The molecule has 0 bridgehead atoms. The minimum absolute atomic E-state index is 0.691. The topological polar surface area (TPSA) is 28.2 Å². The number of aryl methyl sites for hydroxylation is 1. The highest BCUT2D eigenvalue weighted by molar-refractivity contribution is 5.42. The monoisotopic (exact) mass is 275 g/mol. The molecule has 1 aliphatic carbocycles. The highest BCUT2D eigenvalue weighted by Crippen LogP contribution is 2.38. The average Bonchev–Trinajstić information content (AvgIpc) is 3.03. The van der Waals surface area contributed by atoms with Gasteiger partial charge in [-0.2, -0.15) is 0 Å². The van der Waals surface area contributed by atoms with Gasteiger partial charge in [-0.05, 0) is 55.3 Å². The zero-order chi connectivity index (χ0) is 14.7.